The van der Waals surface area contributed by atoms with Crippen LogP contribution in [0, 0.1) is 17.1 Å². The van der Waals surface area contributed by atoms with Crippen molar-refractivity contribution >= 4 is 5.69 Å². The summed E-state index contributed by atoms with van der Waals surface area (Å²) in [6.07, 6.45) is 0.881. The predicted molar refractivity (Wildman–Crippen MR) is 94.9 cm³/mol. The number of rotatable bonds is 5. The molecule has 0 bridgehead atoms. The minimum Gasteiger partial charge on any atom is -0.370 e. The molecule has 3 rings (SSSR count). The van der Waals surface area contributed by atoms with E-state index in [4.69, 9.17) is 0 Å². The van der Waals surface area contributed by atoms with Crippen LogP contribution in [0.25, 0.3) is 0 Å². The van der Waals surface area contributed by atoms with Crippen molar-refractivity contribution in [1.29, 1.82) is 5.26 Å². The number of hydrogen-bond acceptors (Lipinski definition) is 3. The van der Waals surface area contributed by atoms with Crippen molar-refractivity contribution in [2.24, 2.45) is 0 Å². The molecule has 0 amide bonds. The molecule has 124 valence electrons. The molecule has 0 saturated heterocycles. The van der Waals surface area contributed by atoms with Gasteiger partial charge in [0.05, 0.1) is 17.7 Å². The zero-order valence-corrected chi connectivity index (χ0v) is 14.1. The van der Waals surface area contributed by atoms with E-state index in [1.54, 1.807) is 6.07 Å². The lowest BCUT2D eigenvalue weighted by Gasteiger charge is -2.20. The van der Waals surface area contributed by atoms with Gasteiger partial charge in [-0.3, -0.25) is 0 Å². The summed E-state index contributed by atoms with van der Waals surface area (Å²) in [5.41, 5.74) is 3.52. The van der Waals surface area contributed by atoms with Crippen LogP contribution in [0.4, 0.5) is 10.1 Å². The van der Waals surface area contributed by atoms with Gasteiger partial charge in [-0.1, -0.05) is 36.4 Å². The molecule has 0 saturated carbocycles. The van der Waals surface area contributed by atoms with Crippen LogP contribution in [0.3, 0.4) is 0 Å². The quantitative estimate of drug-likeness (QED) is 0.913. The minimum absolute atomic E-state index is 0.115. The fraction of sp³-hybridized carbons (Fsp3) is 0.350. The Morgan fingerprint density at radius 2 is 2.04 bits per heavy atom. The first-order valence-electron chi connectivity index (χ1n) is 8.29. The van der Waals surface area contributed by atoms with Gasteiger partial charge >= 0.3 is 0 Å². The summed E-state index contributed by atoms with van der Waals surface area (Å²) < 4.78 is 14.7. The van der Waals surface area contributed by atoms with Gasteiger partial charge in [-0.2, -0.15) is 5.26 Å². The number of anilines is 1. The second kappa shape index (κ2) is 7.02. The Balaban J connectivity index is 2.06. The van der Waals surface area contributed by atoms with E-state index in [1.165, 1.54) is 5.56 Å². The van der Waals surface area contributed by atoms with E-state index in [0.717, 1.165) is 24.1 Å². The van der Waals surface area contributed by atoms with E-state index in [-0.39, 0.29) is 17.7 Å². The Morgan fingerprint density at radius 1 is 1.29 bits per heavy atom. The third kappa shape index (κ3) is 3.00. The molecule has 3 nitrogen and oxygen atoms in total. The van der Waals surface area contributed by atoms with Crippen molar-refractivity contribution < 1.29 is 4.39 Å². The second-order valence-corrected chi connectivity index (χ2v) is 6.36. The molecule has 4 heteroatoms. The fourth-order valence-corrected chi connectivity index (χ4v) is 3.59. The number of nitriles is 1. The molecular formula is C20H22FN3. The Morgan fingerprint density at radius 3 is 2.71 bits per heavy atom. The van der Waals surface area contributed by atoms with Gasteiger partial charge in [0.1, 0.15) is 5.82 Å². The van der Waals surface area contributed by atoms with Gasteiger partial charge in [-0.25, -0.2) is 4.39 Å². The SMILES string of the molecule is CNCCC(c1ccccc1)c1cc(F)c2c(c1)C(C#N)CN2C. The largest absolute Gasteiger partial charge is 0.370 e. The highest BCUT2D eigenvalue weighted by Crippen LogP contribution is 2.40. The number of nitrogens with zero attached hydrogens (tertiary/aromatic N) is 2. The van der Waals surface area contributed by atoms with Crippen LogP contribution in [-0.2, 0) is 0 Å². The second-order valence-electron chi connectivity index (χ2n) is 6.36. The zero-order valence-electron chi connectivity index (χ0n) is 14.1. The molecule has 2 unspecified atom stereocenters. The first-order chi connectivity index (χ1) is 11.7. The predicted octanol–water partition coefficient (Wildman–Crippen LogP) is 3.62. The van der Waals surface area contributed by atoms with Crippen LogP contribution in [0.2, 0.25) is 0 Å². The average Bonchev–Trinajstić information content (AvgIpc) is 2.93. The summed E-state index contributed by atoms with van der Waals surface area (Å²) >= 11 is 0. The third-order valence-electron chi connectivity index (χ3n) is 4.77. The highest BCUT2D eigenvalue weighted by Gasteiger charge is 2.31. The minimum atomic E-state index is -0.264. The van der Waals surface area contributed by atoms with E-state index in [0.29, 0.717) is 12.2 Å². The number of benzene rings is 2. The van der Waals surface area contributed by atoms with Gasteiger partial charge in [0.2, 0.25) is 0 Å². The first-order valence-corrected chi connectivity index (χ1v) is 8.29. The van der Waals surface area contributed by atoms with E-state index < -0.39 is 0 Å². The maximum atomic E-state index is 14.7. The molecule has 0 aliphatic carbocycles. The van der Waals surface area contributed by atoms with Gasteiger partial charge < -0.3 is 10.2 Å². The van der Waals surface area contributed by atoms with Crippen molar-refractivity contribution in [1.82, 2.24) is 5.32 Å². The van der Waals surface area contributed by atoms with Crippen molar-refractivity contribution in [3.8, 4) is 6.07 Å². The highest BCUT2D eigenvalue weighted by atomic mass is 19.1. The number of fused-ring (bicyclic) bond motifs is 1. The Kier molecular flexibility index (Phi) is 4.82. The topological polar surface area (TPSA) is 39.1 Å². The summed E-state index contributed by atoms with van der Waals surface area (Å²) in [5.74, 6) is -0.378. The van der Waals surface area contributed by atoms with Gasteiger partial charge in [0.15, 0.2) is 0 Å². The molecule has 0 aromatic heterocycles. The molecule has 0 radical (unpaired) electrons. The Labute approximate surface area is 142 Å². The molecule has 1 aliphatic rings. The molecule has 1 N–H and O–H groups in total. The van der Waals surface area contributed by atoms with Crippen LogP contribution < -0.4 is 10.2 Å². The van der Waals surface area contributed by atoms with Crippen molar-refractivity contribution in [2.75, 3.05) is 32.1 Å². The third-order valence-corrected chi connectivity index (χ3v) is 4.77. The highest BCUT2D eigenvalue weighted by molar-refractivity contribution is 5.64. The normalized spacial score (nSPS) is 17.4. The summed E-state index contributed by atoms with van der Waals surface area (Å²) in [6, 6.07) is 16.2. The van der Waals surface area contributed by atoms with E-state index in [9.17, 15) is 9.65 Å². The maximum Gasteiger partial charge on any atom is 0.147 e. The van der Waals surface area contributed by atoms with Crippen molar-refractivity contribution in [2.45, 2.75) is 18.3 Å². The summed E-state index contributed by atoms with van der Waals surface area (Å²) in [5, 5.41) is 12.6. The Hall–Kier alpha value is -2.38. The van der Waals surface area contributed by atoms with Crippen molar-refractivity contribution in [3.63, 3.8) is 0 Å². The molecule has 2 aromatic carbocycles. The van der Waals surface area contributed by atoms with Crippen LogP contribution in [0.5, 0.6) is 0 Å². The standard InChI is InChI=1S/C20H22FN3/c1-23-9-8-17(14-6-4-3-5-7-14)15-10-18-16(12-22)13-24(2)20(18)19(21)11-15/h3-7,10-11,16-17,23H,8-9,13H2,1-2H3. The lowest BCUT2D eigenvalue weighted by molar-refractivity contribution is 0.615. The molecule has 2 aromatic rings. The van der Waals surface area contributed by atoms with Crippen LogP contribution in [-0.4, -0.2) is 27.2 Å². The summed E-state index contributed by atoms with van der Waals surface area (Å²) in [4.78, 5) is 1.84. The van der Waals surface area contributed by atoms with Crippen LogP contribution in [0.1, 0.15) is 34.9 Å². The smallest absolute Gasteiger partial charge is 0.147 e. The zero-order chi connectivity index (χ0) is 17.1. The molecule has 0 spiro atoms. The van der Waals surface area contributed by atoms with Gasteiger partial charge in [0, 0.05) is 19.5 Å². The number of hydrogen-bond donors (Lipinski definition) is 1. The monoisotopic (exact) mass is 323 g/mol. The number of likely N-dealkylation sites (N-methyl/N-ethyl adjacent to an activating group) is 1. The molecule has 0 fully saturated rings. The van der Waals surface area contributed by atoms with E-state index in [2.05, 4.69) is 23.5 Å². The van der Waals surface area contributed by atoms with Gasteiger partial charge in [-0.05, 0) is 42.8 Å². The fourth-order valence-electron chi connectivity index (χ4n) is 3.59. The average molecular weight is 323 g/mol. The molecule has 1 aliphatic heterocycles. The van der Waals surface area contributed by atoms with Crippen LogP contribution in [0.15, 0.2) is 42.5 Å². The van der Waals surface area contributed by atoms with E-state index in [1.807, 2.05) is 43.3 Å². The lowest BCUT2D eigenvalue weighted by atomic mass is 9.86. The van der Waals surface area contributed by atoms with Gasteiger partial charge in [0.25, 0.3) is 0 Å². The Bertz CT molecular complexity index is 751. The van der Waals surface area contributed by atoms with Crippen LogP contribution >= 0.6 is 0 Å². The molecule has 1 heterocycles. The molecular weight excluding hydrogens is 301 g/mol. The summed E-state index contributed by atoms with van der Waals surface area (Å²) in [7, 11) is 3.76. The number of nitrogens with one attached hydrogen (secondary N) is 1. The number of halogens is 1. The molecule has 24 heavy (non-hydrogen) atoms. The van der Waals surface area contributed by atoms with E-state index >= 15 is 0 Å². The molecule has 2 atom stereocenters. The van der Waals surface area contributed by atoms with Crippen molar-refractivity contribution in [3.05, 3.63) is 65.0 Å². The van der Waals surface area contributed by atoms with Gasteiger partial charge in [-0.15, -0.1) is 0 Å². The lowest BCUT2D eigenvalue weighted by Crippen LogP contribution is -2.15. The maximum absolute atomic E-state index is 14.7. The first kappa shape index (κ1) is 16.5. The summed E-state index contributed by atoms with van der Waals surface area (Å²) in [6.45, 7) is 1.40.